The highest BCUT2D eigenvalue weighted by Gasteiger charge is 2.26. The number of para-hydroxylation sites is 2. The summed E-state index contributed by atoms with van der Waals surface area (Å²) in [6.45, 7) is -1.43. The first-order valence-corrected chi connectivity index (χ1v) is 10.7. The number of benzene rings is 2. The highest BCUT2D eigenvalue weighted by atomic mass is 19.3. The van der Waals surface area contributed by atoms with Gasteiger partial charge >= 0.3 is 6.61 Å². The van der Waals surface area contributed by atoms with Crippen molar-refractivity contribution in [2.45, 2.75) is 25.9 Å². The maximum atomic E-state index is 12.8. The molecule has 1 aliphatic heterocycles. The van der Waals surface area contributed by atoms with E-state index in [0.717, 1.165) is 18.4 Å². The van der Waals surface area contributed by atoms with Crippen LogP contribution in [0.3, 0.4) is 0 Å². The number of aryl methyl sites for hydroxylation is 1. The van der Waals surface area contributed by atoms with Crippen LogP contribution in [0.2, 0.25) is 0 Å². The summed E-state index contributed by atoms with van der Waals surface area (Å²) in [5, 5.41) is 1.18. The number of aromatic amines is 1. The SMILES string of the molecule is O=C(CCCc1c[nH]c2ccccc12)N1CCN(C(=O)c2ccccc2OC(F)F)CC1. The van der Waals surface area contributed by atoms with Crippen molar-refractivity contribution in [3.63, 3.8) is 0 Å². The minimum atomic E-state index is -3.00. The monoisotopic (exact) mass is 441 g/mol. The molecule has 168 valence electrons. The molecule has 2 aromatic carbocycles. The number of ether oxygens (including phenoxy) is 1. The van der Waals surface area contributed by atoms with Crippen molar-refractivity contribution < 1.29 is 23.1 Å². The van der Waals surface area contributed by atoms with Gasteiger partial charge in [0.1, 0.15) is 5.75 Å². The van der Waals surface area contributed by atoms with Crippen LogP contribution in [0, 0.1) is 0 Å². The molecule has 1 N–H and O–H groups in total. The molecule has 2 amide bonds. The molecule has 2 heterocycles. The highest BCUT2D eigenvalue weighted by molar-refractivity contribution is 5.97. The number of H-pyrrole nitrogens is 1. The number of hydrogen-bond donors (Lipinski definition) is 1. The summed E-state index contributed by atoms with van der Waals surface area (Å²) in [5.74, 6) is -0.436. The normalized spacial score (nSPS) is 14.2. The van der Waals surface area contributed by atoms with E-state index in [1.807, 2.05) is 24.4 Å². The topological polar surface area (TPSA) is 65.6 Å². The molecule has 0 spiro atoms. The van der Waals surface area contributed by atoms with Crippen LogP contribution >= 0.6 is 0 Å². The summed E-state index contributed by atoms with van der Waals surface area (Å²) < 4.78 is 29.7. The van der Waals surface area contributed by atoms with Crippen LogP contribution < -0.4 is 4.74 Å². The molecule has 6 nitrogen and oxygen atoms in total. The molecule has 1 aromatic heterocycles. The summed E-state index contributed by atoms with van der Waals surface area (Å²) in [4.78, 5) is 32.0. The molecule has 0 aliphatic carbocycles. The largest absolute Gasteiger partial charge is 0.434 e. The van der Waals surface area contributed by atoms with Crippen molar-refractivity contribution in [3.8, 4) is 5.75 Å². The molecule has 1 fully saturated rings. The van der Waals surface area contributed by atoms with Gasteiger partial charge in [-0.25, -0.2) is 0 Å². The Morgan fingerprint density at radius 3 is 2.44 bits per heavy atom. The molecule has 1 saturated heterocycles. The van der Waals surface area contributed by atoms with Crippen LogP contribution in [0.5, 0.6) is 5.75 Å². The van der Waals surface area contributed by atoms with Crippen LogP contribution in [0.1, 0.15) is 28.8 Å². The summed E-state index contributed by atoms with van der Waals surface area (Å²) in [6.07, 6.45) is 4.00. The molecule has 0 atom stereocenters. The third kappa shape index (κ3) is 4.90. The molecular weight excluding hydrogens is 416 g/mol. The Kier molecular flexibility index (Phi) is 6.68. The predicted molar refractivity (Wildman–Crippen MR) is 117 cm³/mol. The number of alkyl halides is 2. The van der Waals surface area contributed by atoms with E-state index in [1.54, 1.807) is 21.9 Å². The molecule has 0 radical (unpaired) electrons. The van der Waals surface area contributed by atoms with Gasteiger partial charge in [0.25, 0.3) is 5.91 Å². The van der Waals surface area contributed by atoms with Crippen molar-refractivity contribution >= 4 is 22.7 Å². The van der Waals surface area contributed by atoms with Gasteiger partial charge in [-0.2, -0.15) is 8.78 Å². The Bertz CT molecular complexity index is 1090. The van der Waals surface area contributed by atoms with Crippen molar-refractivity contribution in [2.24, 2.45) is 0 Å². The lowest BCUT2D eigenvalue weighted by Crippen LogP contribution is -2.50. The molecular formula is C24H25F2N3O3. The van der Waals surface area contributed by atoms with Gasteiger partial charge in [-0.3, -0.25) is 9.59 Å². The highest BCUT2D eigenvalue weighted by Crippen LogP contribution is 2.23. The van der Waals surface area contributed by atoms with Crippen molar-refractivity contribution in [2.75, 3.05) is 26.2 Å². The van der Waals surface area contributed by atoms with E-state index in [9.17, 15) is 18.4 Å². The number of piperazine rings is 1. The summed E-state index contributed by atoms with van der Waals surface area (Å²) >= 11 is 0. The zero-order valence-electron chi connectivity index (χ0n) is 17.6. The zero-order chi connectivity index (χ0) is 22.5. The van der Waals surface area contributed by atoms with E-state index in [2.05, 4.69) is 15.8 Å². The number of nitrogens with zero attached hydrogens (tertiary/aromatic N) is 2. The van der Waals surface area contributed by atoms with Gasteiger partial charge in [-0.1, -0.05) is 30.3 Å². The Labute approximate surface area is 184 Å². The summed E-state index contributed by atoms with van der Waals surface area (Å²) in [6, 6.07) is 14.1. The van der Waals surface area contributed by atoms with Gasteiger partial charge in [-0.05, 0) is 36.6 Å². The fraction of sp³-hybridized carbons (Fsp3) is 0.333. The van der Waals surface area contributed by atoms with Gasteiger partial charge in [0.15, 0.2) is 0 Å². The first-order valence-electron chi connectivity index (χ1n) is 10.7. The number of aromatic nitrogens is 1. The first kappa shape index (κ1) is 21.8. The third-order valence-electron chi connectivity index (χ3n) is 5.76. The molecule has 8 heteroatoms. The number of carbonyl (C=O) groups excluding carboxylic acids is 2. The molecule has 1 aliphatic rings. The average Bonchev–Trinajstić information content (AvgIpc) is 3.22. The zero-order valence-corrected chi connectivity index (χ0v) is 17.6. The second-order valence-electron chi connectivity index (χ2n) is 7.76. The number of carbonyl (C=O) groups is 2. The predicted octanol–water partition coefficient (Wildman–Crippen LogP) is 4.08. The van der Waals surface area contributed by atoms with E-state index in [0.29, 0.717) is 32.6 Å². The Morgan fingerprint density at radius 2 is 1.66 bits per heavy atom. The number of hydrogen-bond acceptors (Lipinski definition) is 3. The van der Waals surface area contributed by atoms with Crippen molar-refractivity contribution in [1.82, 2.24) is 14.8 Å². The van der Waals surface area contributed by atoms with Gasteiger partial charge < -0.3 is 19.5 Å². The second-order valence-corrected chi connectivity index (χ2v) is 7.76. The van der Waals surface area contributed by atoms with E-state index >= 15 is 0 Å². The van der Waals surface area contributed by atoms with Crippen LogP contribution in [0.4, 0.5) is 8.78 Å². The maximum absolute atomic E-state index is 12.8. The fourth-order valence-electron chi connectivity index (χ4n) is 4.10. The molecule has 0 unspecified atom stereocenters. The van der Waals surface area contributed by atoms with Gasteiger partial charge in [0.2, 0.25) is 5.91 Å². The molecule has 32 heavy (non-hydrogen) atoms. The lowest BCUT2D eigenvalue weighted by molar-refractivity contribution is -0.132. The Morgan fingerprint density at radius 1 is 0.969 bits per heavy atom. The molecule has 0 saturated carbocycles. The number of halogens is 2. The van der Waals surface area contributed by atoms with E-state index in [4.69, 9.17) is 0 Å². The van der Waals surface area contributed by atoms with Crippen molar-refractivity contribution in [3.05, 3.63) is 65.9 Å². The summed E-state index contributed by atoms with van der Waals surface area (Å²) in [7, 11) is 0. The average molecular weight is 441 g/mol. The Balaban J connectivity index is 1.27. The number of nitrogens with one attached hydrogen (secondary N) is 1. The minimum absolute atomic E-state index is 0.0679. The quantitative estimate of drug-likeness (QED) is 0.601. The van der Waals surface area contributed by atoms with Crippen LogP contribution in [-0.2, 0) is 11.2 Å². The van der Waals surface area contributed by atoms with Crippen LogP contribution in [0.15, 0.2) is 54.7 Å². The third-order valence-corrected chi connectivity index (χ3v) is 5.76. The molecule has 4 rings (SSSR count). The van der Waals surface area contributed by atoms with Gasteiger partial charge in [-0.15, -0.1) is 0 Å². The van der Waals surface area contributed by atoms with Crippen molar-refractivity contribution in [1.29, 1.82) is 0 Å². The lowest BCUT2D eigenvalue weighted by atomic mass is 10.1. The minimum Gasteiger partial charge on any atom is -0.434 e. The number of amides is 2. The Hall–Kier alpha value is -3.42. The van der Waals surface area contributed by atoms with E-state index in [1.165, 1.54) is 23.1 Å². The second kappa shape index (κ2) is 9.80. The fourth-order valence-corrected chi connectivity index (χ4v) is 4.10. The lowest BCUT2D eigenvalue weighted by Gasteiger charge is -2.35. The van der Waals surface area contributed by atoms with Crippen LogP contribution in [-0.4, -0.2) is 59.4 Å². The number of fused-ring (bicyclic) bond motifs is 1. The molecule has 3 aromatic rings. The van der Waals surface area contributed by atoms with Gasteiger partial charge in [0.05, 0.1) is 5.56 Å². The maximum Gasteiger partial charge on any atom is 0.387 e. The van der Waals surface area contributed by atoms with Crippen LogP contribution in [0.25, 0.3) is 10.9 Å². The van der Waals surface area contributed by atoms with E-state index < -0.39 is 6.61 Å². The molecule has 0 bridgehead atoms. The smallest absolute Gasteiger partial charge is 0.387 e. The summed E-state index contributed by atoms with van der Waals surface area (Å²) in [5.41, 5.74) is 2.40. The number of rotatable bonds is 7. The standard InChI is InChI=1S/C24H25F2N3O3/c25-24(26)32-21-10-4-2-8-19(21)23(31)29-14-12-28(13-15-29)22(30)11-5-6-17-16-27-20-9-3-1-7-18(17)20/h1-4,7-10,16,24,27H,5-6,11-15H2. The van der Waals surface area contributed by atoms with Gasteiger partial charge in [0, 0.05) is 49.7 Å². The van der Waals surface area contributed by atoms with E-state index in [-0.39, 0.29) is 23.1 Å². The first-order chi connectivity index (χ1) is 15.5.